The molecule has 2 rings (SSSR count). The third-order valence-corrected chi connectivity index (χ3v) is 3.66. The molecular weight excluding hydrogens is 310 g/mol. The molecule has 1 unspecified atom stereocenters. The third-order valence-electron chi connectivity index (χ3n) is 3.66. The molecule has 8 nitrogen and oxygen atoms in total. The van der Waals surface area contributed by atoms with E-state index in [1.807, 2.05) is 6.92 Å². The van der Waals surface area contributed by atoms with Gasteiger partial charge in [-0.2, -0.15) is 4.98 Å². The second kappa shape index (κ2) is 7.31. The van der Waals surface area contributed by atoms with Crippen molar-refractivity contribution in [3.63, 3.8) is 0 Å². The SMILES string of the molecule is CCCC(C)(N)C(=O)Nc1n[nH]c(-c2ccc(OC)cc2OC)n1. The first-order valence-electron chi connectivity index (χ1n) is 7.66. The summed E-state index contributed by atoms with van der Waals surface area (Å²) in [7, 11) is 3.14. The Balaban J connectivity index is 2.21. The molecule has 0 saturated heterocycles. The van der Waals surface area contributed by atoms with Crippen LogP contribution in [0, 0.1) is 0 Å². The van der Waals surface area contributed by atoms with Crippen LogP contribution < -0.4 is 20.5 Å². The Morgan fingerprint density at radius 3 is 2.75 bits per heavy atom. The van der Waals surface area contributed by atoms with Gasteiger partial charge >= 0.3 is 0 Å². The number of ether oxygens (including phenoxy) is 2. The molecule has 1 aromatic carbocycles. The van der Waals surface area contributed by atoms with Gasteiger partial charge in [-0.1, -0.05) is 13.3 Å². The lowest BCUT2D eigenvalue weighted by atomic mass is 9.97. The first-order valence-corrected chi connectivity index (χ1v) is 7.66. The third kappa shape index (κ3) is 3.83. The standard InChI is InChI=1S/C16H23N5O3/c1-5-8-16(2,17)14(22)19-15-18-13(20-21-15)11-7-6-10(23-3)9-12(11)24-4/h6-7,9H,5,8,17H2,1-4H3,(H2,18,19,20,21,22). The van der Waals surface area contributed by atoms with Crippen LogP contribution in [0.15, 0.2) is 18.2 Å². The molecule has 1 heterocycles. The molecule has 2 aromatic rings. The normalized spacial score (nSPS) is 13.2. The van der Waals surface area contributed by atoms with Gasteiger partial charge in [0.15, 0.2) is 5.82 Å². The first-order chi connectivity index (χ1) is 11.4. The zero-order chi connectivity index (χ0) is 17.7. The first kappa shape index (κ1) is 17.7. The highest BCUT2D eigenvalue weighted by Crippen LogP contribution is 2.31. The van der Waals surface area contributed by atoms with Crippen molar-refractivity contribution >= 4 is 11.9 Å². The molecule has 1 atom stereocenters. The van der Waals surface area contributed by atoms with Crippen molar-refractivity contribution in [3.8, 4) is 22.9 Å². The van der Waals surface area contributed by atoms with E-state index in [1.165, 1.54) is 0 Å². The zero-order valence-electron chi connectivity index (χ0n) is 14.3. The van der Waals surface area contributed by atoms with Gasteiger partial charge < -0.3 is 15.2 Å². The van der Waals surface area contributed by atoms with Crippen LogP contribution in [0.2, 0.25) is 0 Å². The Morgan fingerprint density at radius 1 is 1.38 bits per heavy atom. The van der Waals surface area contributed by atoms with E-state index in [4.69, 9.17) is 15.2 Å². The highest BCUT2D eigenvalue weighted by molar-refractivity contribution is 5.96. The molecule has 24 heavy (non-hydrogen) atoms. The number of amides is 1. The van der Waals surface area contributed by atoms with Crippen molar-refractivity contribution in [1.29, 1.82) is 0 Å². The monoisotopic (exact) mass is 333 g/mol. The van der Waals surface area contributed by atoms with Crippen molar-refractivity contribution in [2.75, 3.05) is 19.5 Å². The second-order valence-corrected chi connectivity index (χ2v) is 5.70. The van der Waals surface area contributed by atoms with E-state index in [-0.39, 0.29) is 11.9 Å². The number of hydrogen-bond donors (Lipinski definition) is 3. The number of H-pyrrole nitrogens is 1. The van der Waals surface area contributed by atoms with Gasteiger partial charge in [-0.3, -0.25) is 15.2 Å². The van der Waals surface area contributed by atoms with E-state index in [1.54, 1.807) is 39.3 Å². The number of aromatic amines is 1. The number of carbonyl (C=O) groups is 1. The summed E-state index contributed by atoms with van der Waals surface area (Å²) in [6, 6.07) is 5.33. The fourth-order valence-corrected chi connectivity index (χ4v) is 2.31. The smallest absolute Gasteiger partial charge is 0.249 e. The predicted molar refractivity (Wildman–Crippen MR) is 91.1 cm³/mol. The topological polar surface area (TPSA) is 115 Å². The molecule has 8 heteroatoms. The van der Waals surface area contributed by atoms with E-state index >= 15 is 0 Å². The van der Waals surface area contributed by atoms with E-state index < -0.39 is 5.54 Å². The maximum absolute atomic E-state index is 12.2. The van der Waals surface area contributed by atoms with Crippen LogP contribution in [0.4, 0.5) is 5.95 Å². The minimum Gasteiger partial charge on any atom is -0.497 e. The van der Waals surface area contributed by atoms with Gasteiger partial charge in [0, 0.05) is 6.07 Å². The number of nitrogens with two attached hydrogens (primary N) is 1. The quantitative estimate of drug-likeness (QED) is 0.713. The minimum atomic E-state index is -0.965. The Bertz CT molecular complexity index is 711. The zero-order valence-corrected chi connectivity index (χ0v) is 14.3. The largest absolute Gasteiger partial charge is 0.497 e. The van der Waals surface area contributed by atoms with Gasteiger partial charge in [0.2, 0.25) is 11.9 Å². The Kier molecular flexibility index (Phi) is 5.40. The van der Waals surface area contributed by atoms with Crippen LogP contribution in [-0.2, 0) is 4.79 Å². The second-order valence-electron chi connectivity index (χ2n) is 5.70. The highest BCUT2D eigenvalue weighted by atomic mass is 16.5. The predicted octanol–water partition coefficient (Wildman–Crippen LogP) is 1.94. The Labute approximate surface area is 140 Å². The van der Waals surface area contributed by atoms with Crippen LogP contribution in [0.1, 0.15) is 26.7 Å². The molecule has 0 bridgehead atoms. The molecule has 0 radical (unpaired) electrons. The molecule has 0 saturated carbocycles. The number of rotatable bonds is 7. The van der Waals surface area contributed by atoms with Gasteiger partial charge in [0.1, 0.15) is 11.5 Å². The molecule has 0 spiro atoms. The number of methoxy groups -OCH3 is 2. The van der Waals surface area contributed by atoms with Gasteiger partial charge in [-0.15, -0.1) is 5.10 Å². The van der Waals surface area contributed by atoms with Gasteiger partial charge in [0.05, 0.1) is 25.3 Å². The molecule has 0 aliphatic rings. The molecule has 4 N–H and O–H groups in total. The van der Waals surface area contributed by atoms with Crippen LogP contribution in [0.3, 0.4) is 0 Å². The Morgan fingerprint density at radius 2 is 2.12 bits per heavy atom. The number of nitrogens with one attached hydrogen (secondary N) is 2. The van der Waals surface area contributed by atoms with Crippen molar-refractivity contribution in [3.05, 3.63) is 18.2 Å². The number of nitrogens with zero attached hydrogens (tertiary/aromatic N) is 2. The summed E-state index contributed by atoms with van der Waals surface area (Å²) >= 11 is 0. The maximum atomic E-state index is 12.2. The van der Waals surface area contributed by atoms with Crippen LogP contribution in [0.25, 0.3) is 11.4 Å². The molecule has 0 fully saturated rings. The lowest BCUT2D eigenvalue weighted by Crippen LogP contribution is -2.48. The number of hydrogen-bond acceptors (Lipinski definition) is 6. The number of anilines is 1. The number of carbonyl (C=O) groups excluding carboxylic acids is 1. The molecule has 1 aromatic heterocycles. The number of benzene rings is 1. The summed E-state index contributed by atoms with van der Waals surface area (Å²) < 4.78 is 10.5. The molecule has 130 valence electrons. The van der Waals surface area contributed by atoms with E-state index in [0.29, 0.717) is 29.3 Å². The molecule has 1 amide bonds. The lowest BCUT2D eigenvalue weighted by molar-refractivity contribution is -0.120. The lowest BCUT2D eigenvalue weighted by Gasteiger charge is -2.21. The maximum Gasteiger partial charge on any atom is 0.249 e. The average molecular weight is 333 g/mol. The van der Waals surface area contributed by atoms with Crippen molar-refractivity contribution in [2.24, 2.45) is 5.73 Å². The van der Waals surface area contributed by atoms with Crippen molar-refractivity contribution in [1.82, 2.24) is 15.2 Å². The fraction of sp³-hybridized carbons (Fsp3) is 0.438. The molecule has 0 aliphatic heterocycles. The van der Waals surface area contributed by atoms with E-state index in [2.05, 4.69) is 20.5 Å². The summed E-state index contributed by atoms with van der Waals surface area (Å²) in [5.41, 5.74) is 5.74. The summed E-state index contributed by atoms with van der Waals surface area (Å²) in [6.07, 6.45) is 1.38. The summed E-state index contributed by atoms with van der Waals surface area (Å²) in [5, 5.41) is 9.43. The summed E-state index contributed by atoms with van der Waals surface area (Å²) in [5.74, 6) is 1.57. The molecular formula is C16H23N5O3. The average Bonchev–Trinajstić information content (AvgIpc) is 3.02. The Hall–Kier alpha value is -2.61. The summed E-state index contributed by atoms with van der Waals surface area (Å²) in [6.45, 7) is 3.66. The summed E-state index contributed by atoms with van der Waals surface area (Å²) in [4.78, 5) is 16.5. The van der Waals surface area contributed by atoms with Crippen LogP contribution in [0.5, 0.6) is 11.5 Å². The van der Waals surface area contributed by atoms with E-state index in [9.17, 15) is 4.79 Å². The van der Waals surface area contributed by atoms with Crippen molar-refractivity contribution < 1.29 is 14.3 Å². The van der Waals surface area contributed by atoms with Gasteiger partial charge in [0.25, 0.3) is 0 Å². The van der Waals surface area contributed by atoms with Crippen LogP contribution >= 0.6 is 0 Å². The highest BCUT2D eigenvalue weighted by Gasteiger charge is 2.28. The fourth-order valence-electron chi connectivity index (χ4n) is 2.31. The molecule has 0 aliphatic carbocycles. The number of aromatic nitrogens is 3. The van der Waals surface area contributed by atoms with Gasteiger partial charge in [-0.05, 0) is 25.5 Å². The van der Waals surface area contributed by atoms with Crippen LogP contribution in [-0.4, -0.2) is 40.8 Å². The minimum absolute atomic E-state index is 0.167. The van der Waals surface area contributed by atoms with Gasteiger partial charge in [-0.25, -0.2) is 0 Å². The van der Waals surface area contributed by atoms with E-state index in [0.717, 1.165) is 6.42 Å². The van der Waals surface area contributed by atoms with Crippen molar-refractivity contribution in [2.45, 2.75) is 32.2 Å².